The standard InChI is InChI=1S/C28H44O/c1-2-3-4-5-6-7-8-9-10-11-12-13-14-15-16-17-21-26-24-23-25-20-18-19-22-27(25)28(26)29/h18-20,22-24,29H,2-17,21H2,1H3. The Balaban J connectivity index is 1.40. The van der Waals surface area contributed by atoms with E-state index in [2.05, 4.69) is 25.1 Å². The predicted octanol–water partition coefficient (Wildman–Crippen LogP) is 9.35. The van der Waals surface area contributed by atoms with Gasteiger partial charge in [-0.15, -0.1) is 0 Å². The van der Waals surface area contributed by atoms with E-state index in [-0.39, 0.29) is 0 Å². The number of rotatable bonds is 17. The number of fused-ring (bicyclic) bond motifs is 1. The fourth-order valence-corrected chi connectivity index (χ4v) is 4.37. The summed E-state index contributed by atoms with van der Waals surface area (Å²) in [4.78, 5) is 0. The van der Waals surface area contributed by atoms with Crippen molar-refractivity contribution in [3.8, 4) is 5.75 Å². The highest BCUT2D eigenvalue weighted by Gasteiger charge is 2.05. The summed E-state index contributed by atoms with van der Waals surface area (Å²) >= 11 is 0. The van der Waals surface area contributed by atoms with E-state index in [0.717, 1.165) is 22.8 Å². The second kappa shape index (κ2) is 15.4. The molecule has 0 atom stereocenters. The van der Waals surface area contributed by atoms with E-state index in [0.29, 0.717) is 5.75 Å². The van der Waals surface area contributed by atoms with Crippen LogP contribution in [0, 0.1) is 0 Å². The number of unbranched alkanes of at least 4 members (excludes halogenated alkanes) is 15. The van der Waals surface area contributed by atoms with Gasteiger partial charge in [0.1, 0.15) is 5.75 Å². The molecule has 2 aromatic carbocycles. The first-order chi connectivity index (χ1) is 14.3. The molecule has 1 nitrogen and oxygen atoms in total. The number of phenols is 1. The van der Waals surface area contributed by atoms with E-state index in [1.54, 1.807) is 0 Å². The van der Waals surface area contributed by atoms with Crippen LogP contribution in [0.15, 0.2) is 36.4 Å². The third-order valence-corrected chi connectivity index (χ3v) is 6.28. The summed E-state index contributed by atoms with van der Waals surface area (Å²) in [6.45, 7) is 2.29. The van der Waals surface area contributed by atoms with Crippen LogP contribution in [-0.4, -0.2) is 5.11 Å². The van der Waals surface area contributed by atoms with Gasteiger partial charge in [-0.1, -0.05) is 140 Å². The molecule has 0 aliphatic heterocycles. The van der Waals surface area contributed by atoms with Gasteiger partial charge >= 0.3 is 0 Å². The van der Waals surface area contributed by atoms with E-state index in [9.17, 15) is 5.11 Å². The molecule has 2 rings (SSSR count). The van der Waals surface area contributed by atoms with Crippen molar-refractivity contribution in [3.05, 3.63) is 42.0 Å². The number of benzene rings is 2. The molecule has 0 unspecified atom stereocenters. The second-order valence-corrected chi connectivity index (χ2v) is 8.85. The number of phenolic OH excluding ortho intramolecular Hbond substituents is 1. The Morgan fingerprint density at radius 1 is 0.552 bits per heavy atom. The molecule has 0 aliphatic rings. The first-order valence-corrected chi connectivity index (χ1v) is 12.5. The Morgan fingerprint density at radius 3 is 1.59 bits per heavy atom. The van der Waals surface area contributed by atoms with Crippen LogP contribution < -0.4 is 0 Å². The zero-order chi connectivity index (χ0) is 20.6. The van der Waals surface area contributed by atoms with Gasteiger partial charge in [-0.2, -0.15) is 0 Å². The molecule has 0 bridgehead atoms. The van der Waals surface area contributed by atoms with Gasteiger partial charge in [0.05, 0.1) is 0 Å². The van der Waals surface area contributed by atoms with Crippen molar-refractivity contribution in [1.29, 1.82) is 0 Å². The molecule has 0 fully saturated rings. The summed E-state index contributed by atoms with van der Waals surface area (Å²) in [6, 6.07) is 12.3. The number of hydrogen-bond acceptors (Lipinski definition) is 1. The molecule has 0 saturated carbocycles. The van der Waals surface area contributed by atoms with Gasteiger partial charge in [-0.05, 0) is 23.8 Å². The Hall–Kier alpha value is -1.50. The van der Waals surface area contributed by atoms with Gasteiger partial charge in [0.2, 0.25) is 0 Å². The Bertz CT molecular complexity index is 660. The fourth-order valence-electron chi connectivity index (χ4n) is 4.37. The van der Waals surface area contributed by atoms with Crippen molar-refractivity contribution in [2.45, 2.75) is 116 Å². The average Bonchev–Trinajstić information content (AvgIpc) is 2.75. The Morgan fingerprint density at radius 2 is 1.03 bits per heavy atom. The first kappa shape index (κ1) is 23.8. The summed E-state index contributed by atoms with van der Waals surface area (Å²) in [5.41, 5.74) is 1.11. The monoisotopic (exact) mass is 396 g/mol. The molecule has 2 aromatic rings. The van der Waals surface area contributed by atoms with Crippen molar-refractivity contribution < 1.29 is 5.11 Å². The van der Waals surface area contributed by atoms with Gasteiger partial charge in [0, 0.05) is 5.39 Å². The summed E-state index contributed by atoms with van der Waals surface area (Å²) in [5, 5.41) is 12.6. The number of aryl methyl sites for hydroxylation is 1. The van der Waals surface area contributed by atoms with Crippen molar-refractivity contribution >= 4 is 10.8 Å². The molecule has 0 amide bonds. The van der Waals surface area contributed by atoms with Crippen LogP contribution in [-0.2, 0) is 6.42 Å². The first-order valence-electron chi connectivity index (χ1n) is 12.5. The Kier molecular flexibility index (Phi) is 12.6. The van der Waals surface area contributed by atoms with Gasteiger partial charge in [0.15, 0.2) is 0 Å². The van der Waals surface area contributed by atoms with Crippen LogP contribution in [0.2, 0.25) is 0 Å². The van der Waals surface area contributed by atoms with E-state index in [1.807, 2.05) is 18.2 Å². The molecule has 0 heterocycles. The van der Waals surface area contributed by atoms with Crippen LogP contribution >= 0.6 is 0 Å². The third kappa shape index (κ3) is 9.70. The summed E-state index contributed by atoms with van der Waals surface area (Å²) in [5.74, 6) is 0.490. The van der Waals surface area contributed by atoms with Gasteiger partial charge < -0.3 is 5.11 Å². The molecule has 0 aromatic heterocycles. The smallest absolute Gasteiger partial charge is 0.126 e. The van der Waals surface area contributed by atoms with Crippen LogP contribution in [0.5, 0.6) is 5.75 Å². The minimum atomic E-state index is 0.490. The summed E-state index contributed by atoms with van der Waals surface area (Å²) in [6.07, 6.45) is 23.4. The van der Waals surface area contributed by atoms with Crippen LogP contribution in [0.3, 0.4) is 0 Å². The maximum atomic E-state index is 10.5. The maximum Gasteiger partial charge on any atom is 0.126 e. The normalized spacial score (nSPS) is 11.3. The van der Waals surface area contributed by atoms with Crippen molar-refractivity contribution in [3.63, 3.8) is 0 Å². The van der Waals surface area contributed by atoms with Crippen molar-refractivity contribution in [2.24, 2.45) is 0 Å². The largest absolute Gasteiger partial charge is 0.507 e. The summed E-state index contributed by atoms with van der Waals surface area (Å²) in [7, 11) is 0. The highest BCUT2D eigenvalue weighted by atomic mass is 16.3. The molecular weight excluding hydrogens is 352 g/mol. The molecular formula is C28H44O. The average molecular weight is 397 g/mol. The molecule has 29 heavy (non-hydrogen) atoms. The quantitative estimate of drug-likeness (QED) is 0.264. The number of hydrogen-bond donors (Lipinski definition) is 1. The van der Waals surface area contributed by atoms with E-state index < -0.39 is 0 Å². The fraction of sp³-hybridized carbons (Fsp3) is 0.643. The zero-order valence-corrected chi connectivity index (χ0v) is 18.9. The zero-order valence-electron chi connectivity index (χ0n) is 18.9. The predicted molar refractivity (Wildman–Crippen MR) is 129 cm³/mol. The molecule has 1 N–H and O–H groups in total. The van der Waals surface area contributed by atoms with E-state index >= 15 is 0 Å². The van der Waals surface area contributed by atoms with Crippen LogP contribution in [0.1, 0.15) is 115 Å². The minimum Gasteiger partial charge on any atom is -0.507 e. The molecule has 0 saturated heterocycles. The van der Waals surface area contributed by atoms with Gasteiger partial charge in [-0.25, -0.2) is 0 Å². The second-order valence-electron chi connectivity index (χ2n) is 8.85. The minimum absolute atomic E-state index is 0.490. The topological polar surface area (TPSA) is 20.2 Å². The highest BCUT2D eigenvalue weighted by molar-refractivity contribution is 5.89. The van der Waals surface area contributed by atoms with Crippen LogP contribution in [0.4, 0.5) is 0 Å². The third-order valence-electron chi connectivity index (χ3n) is 6.28. The molecule has 0 radical (unpaired) electrons. The molecule has 162 valence electrons. The lowest BCUT2D eigenvalue weighted by atomic mass is 10.00. The maximum absolute atomic E-state index is 10.5. The molecule has 0 spiro atoms. The van der Waals surface area contributed by atoms with Crippen LogP contribution in [0.25, 0.3) is 10.8 Å². The van der Waals surface area contributed by atoms with E-state index in [1.165, 1.54) is 103 Å². The lowest BCUT2D eigenvalue weighted by Gasteiger charge is -2.08. The molecule has 1 heteroatoms. The van der Waals surface area contributed by atoms with Gasteiger partial charge in [0.25, 0.3) is 0 Å². The lowest BCUT2D eigenvalue weighted by molar-refractivity contribution is 0.472. The van der Waals surface area contributed by atoms with Crippen molar-refractivity contribution in [1.82, 2.24) is 0 Å². The highest BCUT2D eigenvalue weighted by Crippen LogP contribution is 2.29. The van der Waals surface area contributed by atoms with Gasteiger partial charge in [-0.3, -0.25) is 0 Å². The van der Waals surface area contributed by atoms with Crippen molar-refractivity contribution in [2.75, 3.05) is 0 Å². The summed E-state index contributed by atoms with van der Waals surface area (Å²) < 4.78 is 0. The SMILES string of the molecule is CCCCCCCCCCCCCCCCCCc1ccc2ccccc2c1O. The lowest BCUT2D eigenvalue weighted by Crippen LogP contribution is -1.89. The Labute approximate surface area is 179 Å². The molecule has 0 aliphatic carbocycles. The van der Waals surface area contributed by atoms with E-state index in [4.69, 9.17) is 0 Å². The number of aromatic hydroxyl groups is 1.